The zero-order valence-corrected chi connectivity index (χ0v) is 16.7. The third-order valence-corrected chi connectivity index (χ3v) is 6.95. The number of hydrogen-bond donors (Lipinski definition) is 1. The highest BCUT2D eigenvalue weighted by atomic mass is 32.1. The quantitative estimate of drug-likeness (QED) is 0.709. The van der Waals surface area contributed by atoms with Crippen molar-refractivity contribution in [2.24, 2.45) is 0 Å². The van der Waals surface area contributed by atoms with Crippen LogP contribution in [-0.4, -0.2) is 52.1 Å². The predicted octanol–water partition coefficient (Wildman–Crippen LogP) is 4.89. The topological polar surface area (TPSA) is 9.72 Å². The van der Waals surface area contributed by atoms with Crippen LogP contribution < -0.4 is 0 Å². The Kier molecular flexibility index (Phi) is 7.76. The fourth-order valence-electron chi connectivity index (χ4n) is 5.14. The van der Waals surface area contributed by atoms with Gasteiger partial charge in [0.25, 0.3) is 0 Å². The highest BCUT2D eigenvalue weighted by Gasteiger charge is 2.46. The van der Waals surface area contributed by atoms with E-state index in [1.165, 1.54) is 96.6 Å². The molecule has 0 radical (unpaired) electrons. The largest absolute Gasteiger partial charge is 0.223 e. The second kappa shape index (κ2) is 9.80. The average molecular weight is 354 g/mol. The number of thiol groups is 1. The SMILES string of the molecule is CC(CS)N1N2CCCCCCCCC2C2CCCCCCCN21. The second-order valence-electron chi connectivity index (χ2n) is 8.28. The van der Waals surface area contributed by atoms with Gasteiger partial charge in [0, 0.05) is 37.0 Å². The molecule has 0 spiro atoms. The highest BCUT2D eigenvalue weighted by molar-refractivity contribution is 7.80. The lowest BCUT2D eigenvalue weighted by atomic mass is 9.95. The molecule has 3 unspecified atom stereocenters. The van der Waals surface area contributed by atoms with E-state index in [-0.39, 0.29) is 0 Å². The van der Waals surface area contributed by atoms with Crippen molar-refractivity contribution in [2.45, 2.75) is 109 Å². The number of hydrazine groups is 2. The van der Waals surface area contributed by atoms with Crippen molar-refractivity contribution in [3.8, 4) is 0 Å². The van der Waals surface area contributed by atoms with Crippen LogP contribution in [0.5, 0.6) is 0 Å². The van der Waals surface area contributed by atoms with Crippen molar-refractivity contribution in [3.63, 3.8) is 0 Å². The lowest BCUT2D eigenvalue weighted by molar-refractivity contribution is -0.159. The van der Waals surface area contributed by atoms with E-state index in [4.69, 9.17) is 0 Å². The zero-order chi connectivity index (χ0) is 16.8. The maximum atomic E-state index is 4.66. The van der Waals surface area contributed by atoms with Gasteiger partial charge in [0.2, 0.25) is 0 Å². The molecule has 4 heteroatoms. The molecule has 3 rings (SSSR count). The Hall–Kier alpha value is 0.230. The average Bonchev–Trinajstić information content (AvgIpc) is 2.94. The Morgan fingerprint density at radius 3 is 1.58 bits per heavy atom. The minimum Gasteiger partial charge on any atom is -0.223 e. The molecule has 3 nitrogen and oxygen atoms in total. The molecular weight excluding hydrogens is 314 g/mol. The van der Waals surface area contributed by atoms with E-state index in [1.807, 2.05) is 0 Å². The summed E-state index contributed by atoms with van der Waals surface area (Å²) in [7, 11) is 0. The van der Waals surface area contributed by atoms with Gasteiger partial charge in [-0.2, -0.15) is 17.7 Å². The van der Waals surface area contributed by atoms with E-state index in [1.54, 1.807) is 0 Å². The van der Waals surface area contributed by atoms with Crippen molar-refractivity contribution in [1.82, 2.24) is 15.1 Å². The normalized spacial score (nSPS) is 33.8. The minimum absolute atomic E-state index is 0.518. The summed E-state index contributed by atoms with van der Waals surface area (Å²) in [6.07, 6.45) is 18.4. The molecule has 3 saturated heterocycles. The van der Waals surface area contributed by atoms with E-state index < -0.39 is 0 Å². The van der Waals surface area contributed by atoms with Crippen LogP contribution in [0.15, 0.2) is 0 Å². The zero-order valence-electron chi connectivity index (χ0n) is 15.8. The summed E-state index contributed by atoms with van der Waals surface area (Å²) in [5.74, 6) is 0.951. The summed E-state index contributed by atoms with van der Waals surface area (Å²) < 4.78 is 0. The smallest absolute Gasteiger partial charge is 0.0464 e. The van der Waals surface area contributed by atoms with Crippen LogP contribution in [0.25, 0.3) is 0 Å². The molecule has 0 saturated carbocycles. The van der Waals surface area contributed by atoms with Gasteiger partial charge in [-0.1, -0.05) is 57.8 Å². The minimum atomic E-state index is 0.518. The van der Waals surface area contributed by atoms with Crippen LogP contribution in [0.4, 0.5) is 0 Å². The molecule has 3 fully saturated rings. The molecule has 0 amide bonds. The first-order valence-corrected chi connectivity index (χ1v) is 11.4. The van der Waals surface area contributed by atoms with Gasteiger partial charge in [0.15, 0.2) is 0 Å². The van der Waals surface area contributed by atoms with E-state index in [0.29, 0.717) is 6.04 Å². The first kappa shape index (κ1) is 19.0. The molecule has 3 heterocycles. The Bertz CT molecular complexity index is 365. The molecule has 0 aromatic rings. The molecule has 3 aliphatic rings. The number of fused-ring (bicyclic) bond motifs is 3. The molecule has 3 aliphatic heterocycles. The molecule has 0 N–H and O–H groups in total. The summed E-state index contributed by atoms with van der Waals surface area (Å²) in [6, 6.07) is 2.03. The Morgan fingerprint density at radius 1 is 0.708 bits per heavy atom. The highest BCUT2D eigenvalue weighted by Crippen LogP contribution is 2.36. The van der Waals surface area contributed by atoms with Crippen molar-refractivity contribution >= 4 is 12.6 Å². The number of rotatable bonds is 2. The molecular formula is C20H39N3S. The third-order valence-electron chi connectivity index (χ3n) is 6.42. The van der Waals surface area contributed by atoms with Gasteiger partial charge in [0.1, 0.15) is 0 Å². The Labute approximate surface area is 155 Å². The van der Waals surface area contributed by atoms with Gasteiger partial charge in [0.05, 0.1) is 0 Å². The van der Waals surface area contributed by atoms with Crippen LogP contribution in [-0.2, 0) is 0 Å². The number of hydrogen-bond acceptors (Lipinski definition) is 4. The van der Waals surface area contributed by atoms with Gasteiger partial charge in [-0.25, -0.2) is 10.0 Å². The van der Waals surface area contributed by atoms with Crippen molar-refractivity contribution in [2.75, 3.05) is 18.8 Å². The summed E-state index contributed by atoms with van der Waals surface area (Å²) in [6.45, 7) is 4.89. The van der Waals surface area contributed by atoms with E-state index >= 15 is 0 Å². The molecule has 24 heavy (non-hydrogen) atoms. The summed E-state index contributed by atoms with van der Waals surface area (Å²) in [5, 5.41) is 8.25. The maximum Gasteiger partial charge on any atom is 0.0464 e. The summed E-state index contributed by atoms with van der Waals surface area (Å²) in [5.41, 5.74) is 0. The Balaban J connectivity index is 1.83. The first-order chi connectivity index (χ1) is 11.8. The van der Waals surface area contributed by atoms with E-state index in [0.717, 1.165) is 17.8 Å². The fraction of sp³-hybridized carbons (Fsp3) is 1.00. The van der Waals surface area contributed by atoms with Crippen molar-refractivity contribution in [1.29, 1.82) is 0 Å². The van der Waals surface area contributed by atoms with Gasteiger partial charge in [-0.3, -0.25) is 0 Å². The molecule has 0 aromatic heterocycles. The van der Waals surface area contributed by atoms with Crippen LogP contribution in [0, 0.1) is 0 Å². The van der Waals surface area contributed by atoms with Gasteiger partial charge >= 0.3 is 0 Å². The second-order valence-corrected chi connectivity index (χ2v) is 8.64. The molecule has 0 bridgehead atoms. The Morgan fingerprint density at radius 2 is 1.12 bits per heavy atom. The van der Waals surface area contributed by atoms with Crippen LogP contribution in [0.2, 0.25) is 0 Å². The first-order valence-electron chi connectivity index (χ1n) is 10.8. The molecule has 0 aromatic carbocycles. The maximum absolute atomic E-state index is 4.66. The molecule has 140 valence electrons. The van der Waals surface area contributed by atoms with E-state index in [2.05, 4.69) is 34.7 Å². The van der Waals surface area contributed by atoms with Crippen LogP contribution >= 0.6 is 12.6 Å². The van der Waals surface area contributed by atoms with Gasteiger partial charge in [-0.15, -0.1) is 0 Å². The van der Waals surface area contributed by atoms with Crippen LogP contribution in [0.3, 0.4) is 0 Å². The van der Waals surface area contributed by atoms with E-state index in [9.17, 15) is 0 Å². The fourth-order valence-corrected chi connectivity index (χ4v) is 5.29. The summed E-state index contributed by atoms with van der Waals surface area (Å²) >= 11 is 4.66. The van der Waals surface area contributed by atoms with Gasteiger partial charge in [-0.05, 0) is 32.6 Å². The van der Waals surface area contributed by atoms with Gasteiger partial charge < -0.3 is 0 Å². The molecule has 3 atom stereocenters. The monoisotopic (exact) mass is 353 g/mol. The summed E-state index contributed by atoms with van der Waals surface area (Å²) in [4.78, 5) is 0. The van der Waals surface area contributed by atoms with Crippen LogP contribution in [0.1, 0.15) is 90.4 Å². The van der Waals surface area contributed by atoms with Crippen molar-refractivity contribution in [3.05, 3.63) is 0 Å². The third kappa shape index (κ3) is 4.49. The lowest BCUT2D eigenvalue weighted by Gasteiger charge is -2.39. The predicted molar refractivity (Wildman–Crippen MR) is 106 cm³/mol. The standard InChI is InChI=1S/C20H39N3S/c1-18(17-24)23-21-15-11-7-3-2-5-9-13-19(21)20-14-10-6-4-8-12-16-22(20)23/h18-20,24H,2-17H2,1H3. The molecule has 0 aliphatic carbocycles. The lowest BCUT2D eigenvalue weighted by Crippen LogP contribution is -2.52. The number of nitrogens with zero attached hydrogens (tertiary/aromatic N) is 3. The van der Waals surface area contributed by atoms with Crippen molar-refractivity contribution < 1.29 is 0 Å².